The number of nitrogens with one attached hydrogen (secondary N) is 2. The Hall–Kier alpha value is -3.23. The Morgan fingerprint density at radius 3 is 2.55 bits per heavy atom. The number of sulfonamides is 1. The lowest BCUT2D eigenvalue weighted by Gasteiger charge is -2.09. The van der Waals surface area contributed by atoms with Gasteiger partial charge in [0.15, 0.2) is 0 Å². The monoisotopic (exact) mass is 423 g/mol. The Morgan fingerprint density at radius 1 is 0.966 bits per heavy atom. The molecule has 0 atom stereocenters. The molecule has 2 heterocycles. The number of aromatic nitrogens is 1. The van der Waals surface area contributed by atoms with Gasteiger partial charge < -0.3 is 5.32 Å². The maximum Gasteiger partial charge on any atom is 0.271 e. The first-order valence-corrected chi connectivity index (χ1v) is 11.2. The van der Waals surface area contributed by atoms with E-state index in [4.69, 9.17) is 0 Å². The van der Waals surface area contributed by atoms with Crippen molar-refractivity contribution >= 4 is 49.5 Å². The molecule has 0 saturated heterocycles. The lowest BCUT2D eigenvalue weighted by molar-refractivity contribution is -0.115. The van der Waals surface area contributed by atoms with Gasteiger partial charge in [0.1, 0.15) is 4.21 Å². The van der Waals surface area contributed by atoms with Crippen LogP contribution in [0.3, 0.4) is 0 Å². The number of carbonyl (C=O) groups excluding carboxylic acids is 1. The van der Waals surface area contributed by atoms with Crippen LogP contribution in [0, 0.1) is 0 Å². The zero-order valence-electron chi connectivity index (χ0n) is 15.2. The number of hydrogen-bond donors (Lipinski definition) is 2. The minimum absolute atomic E-state index is 0.159. The maximum atomic E-state index is 12.5. The molecule has 8 heteroatoms. The first-order valence-electron chi connectivity index (χ1n) is 8.80. The molecule has 2 aromatic heterocycles. The summed E-state index contributed by atoms with van der Waals surface area (Å²) in [6.07, 6.45) is 1.89. The molecule has 4 rings (SSSR count). The first kappa shape index (κ1) is 19.1. The van der Waals surface area contributed by atoms with Crippen molar-refractivity contribution in [2.45, 2.75) is 10.6 Å². The Bertz CT molecular complexity index is 1250. The predicted molar refractivity (Wildman–Crippen MR) is 116 cm³/mol. The Balaban J connectivity index is 1.43. The smallest absolute Gasteiger partial charge is 0.271 e. The molecule has 0 bridgehead atoms. The van der Waals surface area contributed by atoms with Gasteiger partial charge in [0, 0.05) is 17.3 Å². The molecule has 0 aliphatic carbocycles. The van der Waals surface area contributed by atoms with Crippen LogP contribution >= 0.6 is 11.3 Å². The van der Waals surface area contributed by atoms with Crippen LogP contribution in [0.25, 0.3) is 10.9 Å². The van der Waals surface area contributed by atoms with Crippen LogP contribution in [-0.2, 0) is 21.2 Å². The van der Waals surface area contributed by atoms with E-state index in [0.29, 0.717) is 11.4 Å². The average Bonchev–Trinajstić information content (AvgIpc) is 3.26. The van der Waals surface area contributed by atoms with E-state index in [1.807, 2.05) is 30.3 Å². The lowest BCUT2D eigenvalue weighted by Crippen LogP contribution is -2.15. The zero-order valence-corrected chi connectivity index (χ0v) is 16.8. The third-order valence-corrected chi connectivity index (χ3v) is 7.03. The van der Waals surface area contributed by atoms with Gasteiger partial charge in [0.25, 0.3) is 10.0 Å². The lowest BCUT2D eigenvalue weighted by atomic mass is 10.1. The van der Waals surface area contributed by atoms with Gasteiger partial charge in [-0.05, 0) is 53.4 Å². The van der Waals surface area contributed by atoms with Gasteiger partial charge in [0.05, 0.1) is 17.6 Å². The van der Waals surface area contributed by atoms with E-state index in [2.05, 4.69) is 15.0 Å². The van der Waals surface area contributed by atoms with Gasteiger partial charge >= 0.3 is 0 Å². The molecule has 2 N–H and O–H groups in total. The minimum atomic E-state index is -3.58. The van der Waals surface area contributed by atoms with Gasteiger partial charge in [-0.1, -0.05) is 24.3 Å². The Kier molecular flexibility index (Phi) is 5.28. The number of anilines is 2. The Labute approximate surface area is 172 Å². The summed E-state index contributed by atoms with van der Waals surface area (Å²) in [7, 11) is -3.58. The summed E-state index contributed by atoms with van der Waals surface area (Å²) in [4.78, 5) is 16.7. The predicted octanol–water partition coefficient (Wildman–Crippen LogP) is 4.28. The molecular weight excluding hydrogens is 406 g/mol. The highest BCUT2D eigenvalue weighted by Gasteiger charge is 2.15. The average molecular weight is 424 g/mol. The summed E-state index contributed by atoms with van der Waals surface area (Å²) in [5, 5.41) is 5.50. The molecule has 0 saturated carbocycles. The van der Waals surface area contributed by atoms with Crippen molar-refractivity contribution in [1.29, 1.82) is 0 Å². The number of nitrogens with zero attached hydrogens (tertiary/aromatic N) is 1. The van der Waals surface area contributed by atoms with E-state index in [1.54, 1.807) is 48.0 Å². The second-order valence-corrected chi connectivity index (χ2v) is 9.19. The highest BCUT2D eigenvalue weighted by Crippen LogP contribution is 2.22. The van der Waals surface area contributed by atoms with E-state index in [0.717, 1.165) is 27.8 Å². The third-order valence-electron chi connectivity index (χ3n) is 4.25. The Morgan fingerprint density at radius 2 is 1.79 bits per heavy atom. The van der Waals surface area contributed by atoms with Crippen molar-refractivity contribution in [3.63, 3.8) is 0 Å². The molecule has 0 spiro atoms. The summed E-state index contributed by atoms with van der Waals surface area (Å²) in [5.41, 5.74) is 2.75. The van der Waals surface area contributed by atoms with Crippen molar-refractivity contribution in [3.05, 3.63) is 83.9 Å². The number of thiophene rings is 1. The summed E-state index contributed by atoms with van der Waals surface area (Å²) in [6.45, 7) is 0. The maximum absolute atomic E-state index is 12.5. The van der Waals surface area contributed by atoms with Gasteiger partial charge in [0.2, 0.25) is 5.91 Å². The molecule has 0 unspecified atom stereocenters. The summed E-state index contributed by atoms with van der Waals surface area (Å²) >= 11 is 1.15. The van der Waals surface area contributed by atoms with Gasteiger partial charge in [-0.25, -0.2) is 8.42 Å². The number of fused-ring (bicyclic) bond motifs is 1. The highest BCUT2D eigenvalue weighted by molar-refractivity contribution is 7.94. The van der Waals surface area contributed by atoms with Gasteiger partial charge in [-0.3, -0.25) is 14.5 Å². The van der Waals surface area contributed by atoms with E-state index in [9.17, 15) is 13.2 Å². The SMILES string of the molecule is O=C(Cc1ccc(NS(=O)(=O)c2cccs2)cc1)Nc1cccc2ncccc12. The molecule has 0 radical (unpaired) electrons. The highest BCUT2D eigenvalue weighted by atomic mass is 32.2. The topological polar surface area (TPSA) is 88.2 Å². The standard InChI is InChI=1S/C21H17N3O3S2/c25-20(23-19-6-1-5-18-17(19)4-2-12-22-18)14-15-8-10-16(11-9-15)24-29(26,27)21-7-3-13-28-21/h1-13,24H,14H2,(H,23,25). The van der Waals surface area contributed by atoms with Crippen LogP contribution in [0.5, 0.6) is 0 Å². The van der Waals surface area contributed by atoms with E-state index in [1.165, 1.54) is 0 Å². The van der Waals surface area contributed by atoms with Crippen molar-refractivity contribution in [1.82, 2.24) is 4.98 Å². The van der Waals surface area contributed by atoms with E-state index < -0.39 is 10.0 Å². The fourth-order valence-electron chi connectivity index (χ4n) is 2.90. The summed E-state index contributed by atoms with van der Waals surface area (Å²) < 4.78 is 27.3. The molecule has 29 heavy (non-hydrogen) atoms. The fraction of sp³-hybridized carbons (Fsp3) is 0.0476. The van der Waals surface area contributed by atoms with Gasteiger partial charge in [-0.15, -0.1) is 11.3 Å². The summed E-state index contributed by atoms with van der Waals surface area (Å²) in [6, 6.07) is 19.3. The molecule has 0 aliphatic rings. The molecule has 2 aromatic carbocycles. The number of rotatable bonds is 6. The van der Waals surface area contributed by atoms with Crippen LogP contribution in [0.2, 0.25) is 0 Å². The zero-order chi connectivity index (χ0) is 20.3. The number of hydrogen-bond acceptors (Lipinski definition) is 5. The molecule has 0 aliphatic heterocycles. The van der Waals surface area contributed by atoms with Crippen LogP contribution in [-0.4, -0.2) is 19.3 Å². The van der Waals surface area contributed by atoms with Crippen LogP contribution < -0.4 is 10.0 Å². The second-order valence-electron chi connectivity index (χ2n) is 6.34. The molecule has 6 nitrogen and oxygen atoms in total. The number of carbonyl (C=O) groups is 1. The minimum Gasteiger partial charge on any atom is -0.325 e. The number of amides is 1. The van der Waals surface area contributed by atoms with E-state index >= 15 is 0 Å². The van der Waals surface area contributed by atoms with Crippen LogP contribution in [0.15, 0.2) is 82.5 Å². The van der Waals surface area contributed by atoms with E-state index in [-0.39, 0.29) is 16.5 Å². The third kappa shape index (κ3) is 4.44. The molecule has 1 amide bonds. The van der Waals surface area contributed by atoms with Crippen molar-refractivity contribution < 1.29 is 13.2 Å². The molecule has 146 valence electrons. The fourth-order valence-corrected chi connectivity index (χ4v) is 4.96. The molecule has 0 fully saturated rings. The quantitative estimate of drug-likeness (QED) is 0.485. The second kappa shape index (κ2) is 8.02. The number of benzene rings is 2. The van der Waals surface area contributed by atoms with Crippen LogP contribution in [0.1, 0.15) is 5.56 Å². The first-order chi connectivity index (χ1) is 14.0. The largest absolute Gasteiger partial charge is 0.325 e. The van der Waals surface area contributed by atoms with Crippen molar-refractivity contribution in [3.8, 4) is 0 Å². The van der Waals surface area contributed by atoms with Crippen LogP contribution in [0.4, 0.5) is 11.4 Å². The van der Waals surface area contributed by atoms with Gasteiger partial charge in [-0.2, -0.15) is 0 Å². The summed E-state index contributed by atoms with van der Waals surface area (Å²) in [5.74, 6) is -0.159. The van der Waals surface area contributed by atoms with Crippen molar-refractivity contribution in [2.75, 3.05) is 10.0 Å². The number of pyridine rings is 1. The molecule has 4 aromatic rings. The molecular formula is C21H17N3O3S2. The van der Waals surface area contributed by atoms with Crippen molar-refractivity contribution in [2.24, 2.45) is 0 Å². The normalized spacial score (nSPS) is 11.3.